The Balaban J connectivity index is 1.56. The third kappa shape index (κ3) is 3.11. The molecule has 1 saturated heterocycles. The summed E-state index contributed by atoms with van der Waals surface area (Å²) in [6, 6.07) is 1.02. The van der Waals surface area contributed by atoms with Gasteiger partial charge in [-0.25, -0.2) is 0 Å². The molecule has 0 amide bonds. The number of ether oxygens (including phenoxy) is 2. The zero-order chi connectivity index (χ0) is 15.4. The van der Waals surface area contributed by atoms with Crippen molar-refractivity contribution in [2.45, 2.75) is 70.6 Å². The van der Waals surface area contributed by atoms with E-state index < -0.39 is 0 Å². The van der Waals surface area contributed by atoms with Crippen molar-refractivity contribution in [2.75, 3.05) is 26.4 Å². The topological polar surface area (TPSA) is 54.9 Å². The van der Waals surface area contributed by atoms with E-state index >= 15 is 0 Å². The monoisotopic (exact) mass is 309 g/mol. The molecule has 0 aromatic heterocycles. The largest absolute Gasteiger partial charge is 0.381 e. The summed E-state index contributed by atoms with van der Waals surface area (Å²) in [6.07, 6.45) is 7.65. The number of hydrogen-bond acceptors (Lipinski definition) is 3. The van der Waals surface area contributed by atoms with Gasteiger partial charge in [0.1, 0.15) is 0 Å². The van der Waals surface area contributed by atoms with Gasteiger partial charge in [0.25, 0.3) is 0 Å². The molecule has 22 heavy (non-hydrogen) atoms. The van der Waals surface area contributed by atoms with Gasteiger partial charge >= 0.3 is 0 Å². The summed E-state index contributed by atoms with van der Waals surface area (Å²) in [6.45, 7) is 7.55. The van der Waals surface area contributed by atoms with Crippen molar-refractivity contribution >= 4 is 5.96 Å². The second kappa shape index (κ2) is 7.18. The van der Waals surface area contributed by atoms with E-state index in [4.69, 9.17) is 9.47 Å². The molecule has 1 aliphatic heterocycles. The van der Waals surface area contributed by atoms with Crippen LogP contribution in [0.3, 0.4) is 0 Å². The van der Waals surface area contributed by atoms with Gasteiger partial charge in [0.05, 0.1) is 6.10 Å². The number of nitrogens with one attached hydrogen (secondary N) is 2. The highest BCUT2D eigenvalue weighted by atomic mass is 16.5. The second-order valence-electron chi connectivity index (χ2n) is 6.82. The Kier molecular flexibility index (Phi) is 5.24. The number of rotatable bonds is 5. The van der Waals surface area contributed by atoms with Crippen molar-refractivity contribution in [1.29, 1.82) is 0 Å². The van der Waals surface area contributed by atoms with Gasteiger partial charge in [-0.15, -0.1) is 0 Å². The smallest absolute Gasteiger partial charge is 0.191 e. The molecule has 0 bridgehead atoms. The van der Waals surface area contributed by atoms with Gasteiger partial charge < -0.3 is 20.1 Å². The quantitative estimate of drug-likeness (QED) is 0.603. The third-order valence-electron chi connectivity index (χ3n) is 5.63. The van der Waals surface area contributed by atoms with Crippen LogP contribution in [0.2, 0.25) is 0 Å². The first kappa shape index (κ1) is 16.1. The minimum absolute atomic E-state index is 0.377. The first-order valence-corrected chi connectivity index (χ1v) is 9.05. The highest BCUT2D eigenvalue weighted by Crippen LogP contribution is 2.57. The van der Waals surface area contributed by atoms with Crippen molar-refractivity contribution in [1.82, 2.24) is 10.6 Å². The van der Waals surface area contributed by atoms with Gasteiger partial charge in [0.2, 0.25) is 0 Å². The standard InChI is InChI=1S/C17H31N3O2/c1-3-18-16(19-13-6-10-21-11-7-13)20-14-12-15(22-4-2)17(14)8-5-9-17/h13-15H,3-12H2,1-2H3,(H2,18,19,20). The van der Waals surface area contributed by atoms with Crippen LogP contribution < -0.4 is 10.6 Å². The molecule has 0 aromatic rings. The highest BCUT2D eigenvalue weighted by molar-refractivity contribution is 5.80. The van der Waals surface area contributed by atoms with Crippen molar-refractivity contribution in [2.24, 2.45) is 10.4 Å². The van der Waals surface area contributed by atoms with Crippen molar-refractivity contribution in [3.05, 3.63) is 0 Å². The Morgan fingerprint density at radius 1 is 1.23 bits per heavy atom. The first-order valence-electron chi connectivity index (χ1n) is 9.05. The van der Waals surface area contributed by atoms with E-state index in [1.807, 2.05) is 0 Å². The van der Waals surface area contributed by atoms with Crippen LogP contribution in [0.1, 0.15) is 52.4 Å². The number of guanidine groups is 1. The highest BCUT2D eigenvalue weighted by Gasteiger charge is 2.59. The Morgan fingerprint density at radius 3 is 2.59 bits per heavy atom. The average molecular weight is 309 g/mol. The summed E-state index contributed by atoms with van der Waals surface area (Å²) in [7, 11) is 0. The molecule has 126 valence electrons. The molecule has 2 unspecified atom stereocenters. The van der Waals surface area contributed by atoms with Gasteiger partial charge in [-0.1, -0.05) is 6.42 Å². The molecule has 0 radical (unpaired) electrons. The SMILES string of the molecule is CCN=C(NC1CCOCC1)NC1CC(OCC)C12CCC2. The van der Waals surface area contributed by atoms with Crippen molar-refractivity contribution < 1.29 is 9.47 Å². The Labute approximate surface area is 134 Å². The molecule has 2 aliphatic carbocycles. The lowest BCUT2D eigenvalue weighted by molar-refractivity contribution is -0.168. The lowest BCUT2D eigenvalue weighted by atomic mass is 9.51. The zero-order valence-electron chi connectivity index (χ0n) is 14.1. The average Bonchev–Trinajstić information content (AvgIpc) is 2.45. The first-order chi connectivity index (χ1) is 10.8. The number of nitrogens with zero attached hydrogens (tertiary/aromatic N) is 1. The van der Waals surface area contributed by atoms with Crippen molar-refractivity contribution in [3.8, 4) is 0 Å². The Bertz CT molecular complexity index is 389. The molecule has 0 aromatic carbocycles. The maximum absolute atomic E-state index is 5.94. The Morgan fingerprint density at radius 2 is 2.00 bits per heavy atom. The van der Waals surface area contributed by atoms with Crippen LogP contribution in [0.5, 0.6) is 0 Å². The molecule has 1 spiro atoms. The lowest BCUT2D eigenvalue weighted by Crippen LogP contribution is -2.69. The van der Waals surface area contributed by atoms with E-state index in [-0.39, 0.29) is 0 Å². The van der Waals surface area contributed by atoms with Crippen LogP contribution in [-0.2, 0) is 9.47 Å². The summed E-state index contributed by atoms with van der Waals surface area (Å²) >= 11 is 0. The molecule has 1 heterocycles. The number of hydrogen-bond donors (Lipinski definition) is 2. The van der Waals surface area contributed by atoms with E-state index in [0.717, 1.165) is 51.6 Å². The molecule has 2 N–H and O–H groups in total. The molecule has 3 fully saturated rings. The minimum Gasteiger partial charge on any atom is -0.381 e. The molecule has 2 saturated carbocycles. The predicted molar refractivity (Wildman–Crippen MR) is 88.2 cm³/mol. The summed E-state index contributed by atoms with van der Waals surface area (Å²) in [5.41, 5.74) is 0.377. The predicted octanol–water partition coefficient (Wildman–Crippen LogP) is 2.07. The zero-order valence-corrected chi connectivity index (χ0v) is 14.1. The van der Waals surface area contributed by atoms with Crippen molar-refractivity contribution in [3.63, 3.8) is 0 Å². The molecule has 3 aliphatic rings. The van der Waals surface area contributed by atoms with Crippen LogP contribution in [-0.4, -0.2) is 50.5 Å². The van der Waals surface area contributed by atoms with E-state index in [1.54, 1.807) is 0 Å². The van der Waals surface area contributed by atoms with Gasteiger partial charge in [-0.2, -0.15) is 0 Å². The van der Waals surface area contributed by atoms with E-state index in [0.29, 0.717) is 23.6 Å². The summed E-state index contributed by atoms with van der Waals surface area (Å²) in [5, 5.41) is 7.31. The van der Waals surface area contributed by atoms with E-state index in [1.165, 1.54) is 19.3 Å². The fourth-order valence-corrected chi connectivity index (χ4v) is 4.13. The van der Waals surface area contributed by atoms with Crippen LogP contribution in [0, 0.1) is 5.41 Å². The Hall–Kier alpha value is -0.810. The van der Waals surface area contributed by atoms with Gasteiger partial charge in [0.15, 0.2) is 5.96 Å². The molecule has 3 rings (SSSR count). The minimum atomic E-state index is 0.377. The lowest BCUT2D eigenvalue weighted by Gasteiger charge is -2.61. The van der Waals surface area contributed by atoms with Crippen LogP contribution in [0.15, 0.2) is 4.99 Å². The van der Waals surface area contributed by atoms with Crippen LogP contribution in [0.25, 0.3) is 0 Å². The molecule has 2 atom stereocenters. The molecular formula is C17H31N3O2. The van der Waals surface area contributed by atoms with E-state index in [9.17, 15) is 0 Å². The fourth-order valence-electron chi connectivity index (χ4n) is 4.13. The maximum atomic E-state index is 5.94. The maximum Gasteiger partial charge on any atom is 0.191 e. The summed E-state index contributed by atoms with van der Waals surface area (Å²) < 4.78 is 11.4. The van der Waals surface area contributed by atoms with Crippen LogP contribution >= 0.6 is 0 Å². The molecular weight excluding hydrogens is 278 g/mol. The molecule has 5 nitrogen and oxygen atoms in total. The van der Waals surface area contributed by atoms with Gasteiger partial charge in [-0.3, -0.25) is 4.99 Å². The van der Waals surface area contributed by atoms with Gasteiger partial charge in [0, 0.05) is 43.9 Å². The van der Waals surface area contributed by atoms with Gasteiger partial charge in [-0.05, 0) is 46.0 Å². The number of aliphatic imine (C=N–C) groups is 1. The van der Waals surface area contributed by atoms with E-state index in [2.05, 4.69) is 29.5 Å². The summed E-state index contributed by atoms with van der Waals surface area (Å²) in [4.78, 5) is 4.65. The summed E-state index contributed by atoms with van der Waals surface area (Å²) in [5.74, 6) is 0.987. The second-order valence-corrected chi connectivity index (χ2v) is 6.82. The fraction of sp³-hybridized carbons (Fsp3) is 0.941. The third-order valence-corrected chi connectivity index (χ3v) is 5.63. The normalized spacial score (nSPS) is 31.5. The van der Waals surface area contributed by atoms with Crippen LogP contribution in [0.4, 0.5) is 0 Å². The molecule has 5 heteroatoms.